The van der Waals surface area contributed by atoms with Crippen molar-refractivity contribution in [2.45, 2.75) is 13.2 Å². The number of amides is 1. The molecular weight excluding hydrogens is 338 g/mol. The summed E-state index contributed by atoms with van der Waals surface area (Å²) in [7, 11) is 1.63. The Kier molecular flexibility index (Phi) is 5.53. The molecule has 1 N–H and O–H groups in total. The van der Waals surface area contributed by atoms with Gasteiger partial charge >= 0.3 is 0 Å². The van der Waals surface area contributed by atoms with Gasteiger partial charge in [-0.25, -0.2) is 0 Å². The fraction of sp³-hybridized carbons (Fsp3) is 0.150. The number of methoxy groups -OCH3 is 1. The summed E-state index contributed by atoms with van der Waals surface area (Å²) in [4.78, 5) is 12.3. The standard InChI is InChI=1S/C20H18ClNO3/c1-24-13-14-3-2-4-16(11-14)20(23)22-12-18-9-10-19(25-18)15-5-7-17(21)8-6-15/h2-11H,12-13H2,1H3,(H,22,23). The van der Waals surface area contributed by atoms with Gasteiger partial charge in [0.15, 0.2) is 0 Å². The van der Waals surface area contributed by atoms with Crippen molar-refractivity contribution < 1.29 is 13.9 Å². The van der Waals surface area contributed by atoms with Gasteiger partial charge in [0.05, 0.1) is 13.2 Å². The first-order valence-electron chi connectivity index (χ1n) is 7.86. The predicted octanol–water partition coefficient (Wildman–Crippen LogP) is 4.68. The van der Waals surface area contributed by atoms with E-state index < -0.39 is 0 Å². The molecular formula is C20H18ClNO3. The first kappa shape index (κ1) is 17.3. The number of rotatable bonds is 6. The van der Waals surface area contributed by atoms with Gasteiger partial charge in [0.2, 0.25) is 0 Å². The Morgan fingerprint density at radius 3 is 2.68 bits per heavy atom. The van der Waals surface area contributed by atoms with E-state index in [0.717, 1.165) is 16.9 Å². The molecule has 0 unspecified atom stereocenters. The summed E-state index contributed by atoms with van der Waals surface area (Å²) in [6.45, 7) is 0.796. The fourth-order valence-corrected chi connectivity index (χ4v) is 2.61. The van der Waals surface area contributed by atoms with Crippen molar-refractivity contribution in [2.75, 3.05) is 7.11 Å². The average molecular weight is 356 g/mol. The van der Waals surface area contributed by atoms with Crippen molar-refractivity contribution in [3.63, 3.8) is 0 Å². The summed E-state index contributed by atoms with van der Waals surface area (Å²) in [5.41, 5.74) is 2.49. The highest BCUT2D eigenvalue weighted by Crippen LogP contribution is 2.23. The second kappa shape index (κ2) is 8.01. The summed E-state index contributed by atoms with van der Waals surface area (Å²) in [5.74, 6) is 1.27. The average Bonchev–Trinajstić information content (AvgIpc) is 3.10. The quantitative estimate of drug-likeness (QED) is 0.698. The van der Waals surface area contributed by atoms with Gasteiger partial charge in [-0.15, -0.1) is 0 Å². The molecule has 0 aliphatic rings. The molecule has 1 aromatic heterocycles. The molecule has 25 heavy (non-hydrogen) atoms. The zero-order valence-electron chi connectivity index (χ0n) is 13.8. The van der Waals surface area contributed by atoms with Crippen molar-refractivity contribution in [1.82, 2.24) is 5.32 Å². The second-order valence-electron chi connectivity index (χ2n) is 5.59. The van der Waals surface area contributed by atoms with Gasteiger partial charge in [-0.1, -0.05) is 23.7 Å². The van der Waals surface area contributed by atoms with Crippen LogP contribution in [0, 0.1) is 0 Å². The number of hydrogen-bond donors (Lipinski definition) is 1. The van der Waals surface area contributed by atoms with E-state index in [9.17, 15) is 4.79 Å². The van der Waals surface area contributed by atoms with E-state index in [1.165, 1.54) is 0 Å². The highest BCUT2D eigenvalue weighted by Gasteiger charge is 2.09. The summed E-state index contributed by atoms with van der Waals surface area (Å²) in [6.07, 6.45) is 0. The Morgan fingerprint density at radius 1 is 1.12 bits per heavy atom. The molecule has 4 nitrogen and oxygen atoms in total. The number of nitrogens with one attached hydrogen (secondary N) is 1. The number of halogens is 1. The normalized spacial score (nSPS) is 10.6. The third-order valence-corrected chi connectivity index (χ3v) is 3.97. The molecule has 3 rings (SSSR count). The molecule has 0 aliphatic carbocycles. The van der Waals surface area contributed by atoms with Crippen LogP contribution in [-0.4, -0.2) is 13.0 Å². The lowest BCUT2D eigenvalue weighted by Crippen LogP contribution is -2.22. The third-order valence-electron chi connectivity index (χ3n) is 3.71. The van der Waals surface area contributed by atoms with Crippen molar-refractivity contribution in [2.24, 2.45) is 0 Å². The lowest BCUT2D eigenvalue weighted by molar-refractivity contribution is 0.0947. The van der Waals surface area contributed by atoms with E-state index in [2.05, 4.69) is 5.32 Å². The molecule has 0 saturated heterocycles. The maximum Gasteiger partial charge on any atom is 0.251 e. The summed E-state index contributed by atoms with van der Waals surface area (Å²) >= 11 is 5.89. The SMILES string of the molecule is COCc1cccc(C(=O)NCc2ccc(-c3ccc(Cl)cc3)o2)c1. The maximum atomic E-state index is 12.3. The Bertz CT molecular complexity index is 855. The first-order valence-corrected chi connectivity index (χ1v) is 8.24. The molecule has 0 saturated carbocycles. The minimum atomic E-state index is -0.151. The zero-order chi connectivity index (χ0) is 17.6. The molecule has 3 aromatic rings. The van der Waals surface area contributed by atoms with Crippen molar-refractivity contribution >= 4 is 17.5 Å². The number of hydrogen-bond acceptors (Lipinski definition) is 3. The van der Waals surface area contributed by atoms with Crippen LogP contribution in [0.5, 0.6) is 0 Å². The Morgan fingerprint density at radius 2 is 1.92 bits per heavy atom. The fourth-order valence-electron chi connectivity index (χ4n) is 2.48. The van der Waals surface area contributed by atoms with Crippen molar-refractivity contribution in [3.05, 3.63) is 82.6 Å². The van der Waals surface area contributed by atoms with E-state index in [4.69, 9.17) is 20.8 Å². The Balaban J connectivity index is 1.63. The highest BCUT2D eigenvalue weighted by molar-refractivity contribution is 6.30. The molecule has 5 heteroatoms. The minimum absolute atomic E-state index is 0.151. The summed E-state index contributed by atoms with van der Waals surface area (Å²) in [5, 5.41) is 3.54. The predicted molar refractivity (Wildman–Crippen MR) is 97.5 cm³/mol. The van der Waals surface area contributed by atoms with E-state index >= 15 is 0 Å². The van der Waals surface area contributed by atoms with Gasteiger partial charge in [0.1, 0.15) is 11.5 Å². The van der Waals surface area contributed by atoms with Crippen LogP contribution in [0.25, 0.3) is 11.3 Å². The van der Waals surface area contributed by atoms with Crippen LogP contribution in [0.1, 0.15) is 21.7 Å². The monoisotopic (exact) mass is 355 g/mol. The number of carbonyl (C=O) groups is 1. The number of ether oxygens (including phenoxy) is 1. The topological polar surface area (TPSA) is 51.5 Å². The van der Waals surface area contributed by atoms with Crippen LogP contribution in [-0.2, 0) is 17.9 Å². The maximum absolute atomic E-state index is 12.3. The van der Waals surface area contributed by atoms with E-state index in [0.29, 0.717) is 29.5 Å². The van der Waals surface area contributed by atoms with Crippen LogP contribution in [0.3, 0.4) is 0 Å². The van der Waals surface area contributed by atoms with Crippen LogP contribution in [0.2, 0.25) is 5.02 Å². The number of furan rings is 1. The lowest BCUT2D eigenvalue weighted by atomic mass is 10.1. The molecule has 1 heterocycles. The van der Waals surface area contributed by atoms with Crippen LogP contribution in [0.4, 0.5) is 0 Å². The Labute approximate surface area is 151 Å². The number of benzene rings is 2. The zero-order valence-corrected chi connectivity index (χ0v) is 14.5. The molecule has 2 aromatic carbocycles. The smallest absolute Gasteiger partial charge is 0.251 e. The van der Waals surface area contributed by atoms with Gasteiger partial charge in [-0.2, -0.15) is 0 Å². The molecule has 0 aliphatic heterocycles. The molecule has 0 fully saturated rings. The van der Waals surface area contributed by atoms with E-state index in [1.54, 1.807) is 13.2 Å². The van der Waals surface area contributed by atoms with Crippen LogP contribution < -0.4 is 5.32 Å². The minimum Gasteiger partial charge on any atom is -0.459 e. The van der Waals surface area contributed by atoms with Crippen LogP contribution in [0.15, 0.2) is 65.1 Å². The molecule has 0 radical (unpaired) electrons. The molecule has 0 atom stereocenters. The highest BCUT2D eigenvalue weighted by atomic mass is 35.5. The van der Waals surface area contributed by atoms with Gasteiger partial charge in [-0.05, 0) is 54.1 Å². The number of carbonyl (C=O) groups excluding carboxylic acids is 1. The van der Waals surface area contributed by atoms with Gasteiger partial charge in [-0.3, -0.25) is 4.79 Å². The summed E-state index contributed by atoms with van der Waals surface area (Å²) < 4.78 is 10.9. The van der Waals surface area contributed by atoms with Gasteiger partial charge in [0, 0.05) is 23.3 Å². The molecule has 1 amide bonds. The lowest BCUT2D eigenvalue weighted by Gasteiger charge is -2.06. The first-order chi connectivity index (χ1) is 12.2. The van der Waals surface area contributed by atoms with Crippen LogP contribution >= 0.6 is 11.6 Å². The van der Waals surface area contributed by atoms with Gasteiger partial charge < -0.3 is 14.5 Å². The molecule has 0 spiro atoms. The second-order valence-corrected chi connectivity index (χ2v) is 6.03. The Hall–Kier alpha value is -2.56. The molecule has 128 valence electrons. The third kappa shape index (κ3) is 4.50. The van der Waals surface area contributed by atoms with E-state index in [1.807, 2.05) is 54.6 Å². The summed E-state index contributed by atoms with van der Waals surface area (Å²) in [6, 6.07) is 18.5. The van der Waals surface area contributed by atoms with Crippen molar-refractivity contribution in [1.29, 1.82) is 0 Å². The molecule has 0 bridgehead atoms. The largest absolute Gasteiger partial charge is 0.459 e. The van der Waals surface area contributed by atoms with E-state index in [-0.39, 0.29) is 5.91 Å². The van der Waals surface area contributed by atoms with Gasteiger partial charge in [0.25, 0.3) is 5.91 Å². The van der Waals surface area contributed by atoms with Crippen molar-refractivity contribution in [3.8, 4) is 11.3 Å².